The molecular formula is C18H23N3. The van der Waals surface area contributed by atoms with Crippen LogP contribution in [0.2, 0.25) is 0 Å². The Bertz CT molecular complexity index is 541. The predicted octanol–water partition coefficient (Wildman–Crippen LogP) is 2.69. The van der Waals surface area contributed by atoms with E-state index in [4.69, 9.17) is 0 Å². The number of pyridine rings is 1. The molecule has 3 heteroatoms. The van der Waals surface area contributed by atoms with E-state index in [1.54, 1.807) is 0 Å². The number of nitrogens with one attached hydrogen (secondary N) is 1. The van der Waals surface area contributed by atoms with E-state index in [0.717, 1.165) is 19.6 Å². The van der Waals surface area contributed by atoms with Gasteiger partial charge in [-0.3, -0.25) is 9.88 Å². The number of likely N-dealkylation sites (tertiary alicyclic amines) is 1. The maximum atomic E-state index is 4.06. The highest BCUT2D eigenvalue weighted by atomic mass is 15.2. The zero-order valence-electron chi connectivity index (χ0n) is 12.6. The Balaban J connectivity index is 1.51. The lowest BCUT2D eigenvalue weighted by atomic mass is 10.1. The average Bonchev–Trinajstić information content (AvgIpc) is 2.87. The van der Waals surface area contributed by atoms with Crippen molar-refractivity contribution in [2.24, 2.45) is 5.92 Å². The van der Waals surface area contributed by atoms with Crippen molar-refractivity contribution in [3.8, 4) is 0 Å². The van der Waals surface area contributed by atoms with Gasteiger partial charge in [-0.05, 0) is 29.2 Å². The van der Waals surface area contributed by atoms with Crippen molar-refractivity contribution in [3.63, 3.8) is 0 Å². The molecule has 0 spiro atoms. The second-order valence-electron chi connectivity index (χ2n) is 6.00. The third-order valence-electron chi connectivity index (χ3n) is 4.25. The molecule has 110 valence electrons. The highest BCUT2D eigenvalue weighted by Gasteiger charge is 2.28. The van der Waals surface area contributed by atoms with Gasteiger partial charge in [0, 0.05) is 44.6 Å². The molecule has 2 aromatic rings. The maximum Gasteiger partial charge on any atom is 0.0271 e. The fraction of sp³-hybridized carbons (Fsp3) is 0.389. The lowest BCUT2D eigenvalue weighted by Gasteiger charge is -2.17. The van der Waals surface area contributed by atoms with E-state index in [2.05, 4.69) is 64.6 Å². The molecule has 0 radical (unpaired) electrons. The normalized spacial score (nSPS) is 22.5. The van der Waals surface area contributed by atoms with Crippen molar-refractivity contribution in [1.29, 1.82) is 0 Å². The van der Waals surface area contributed by atoms with E-state index >= 15 is 0 Å². The SMILES string of the molecule is CC1CN(Cc2ccccc2)CC1NCc1ccncc1. The summed E-state index contributed by atoms with van der Waals surface area (Å²) in [5.41, 5.74) is 2.71. The van der Waals surface area contributed by atoms with Crippen LogP contribution in [0.4, 0.5) is 0 Å². The van der Waals surface area contributed by atoms with Crippen LogP contribution in [0.3, 0.4) is 0 Å². The molecule has 2 unspecified atom stereocenters. The van der Waals surface area contributed by atoms with Crippen LogP contribution in [0.5, 0.6) is 0 Å². The molecule has 21 heavy (non-hydrogen) atoms. The van der Waals surface area contributed by atoms with E-state index in [1.165, 1.54) is 17.7 Å². The Morgan fingerprint density at radius 3 is 2.57 bits per heavy atom. The summed E-state index contributed by atoms with van der Waals surface area (Å²) in [4.78, 5) is 6.61. The van der Waals surface area contributed by atoms with Crippen molar-refractivity contribution in [2.75, 3.05) is 13.1 Å². The summed E-state index contributed by atoms with van der Waals surface area (Å²) in [5, 5.41) is 3.69. The topological polar surface area (TPSA) is 28.2 Å². The summed E-state index contributed by atoms with van der Waals surface area (Å²) < 4.78 is 0. The Morgan fingerprint density at radius 1 is 1.05 bits per heavy atom. The minimum Gasteiger partial charge on any atom is -0.308 e. The fourth-order valence-electron chi connectivity index (χ4n) is 3.05. The van der Waals surface area contributed by atoms with E-state index in [-0.39, 0.29) is 0 Å². The molecular weight excluding hydrogens is 258 g/mol. The molecule has 0 aliphatic carbocycles. The Kier molecular flexibility index (Phi) is 4.63. The van der Waals surface area contributed by atoms with Gasteiger partial charge in [0.25, 0.3) is 0 Å². The molecule has 1 N–H and O–H groups in total. The number of hydrogen-bond donors (Lipinski definition) is 1. The summed E-state index contributed by atoms with van der Waals surface area (Å²) in [6.07, 6.45) is 3.72. The first kappa shape index (κ1) is 14.2. The molecule has 0 saturated carbocycles. The van der Waals surface area contributed by atoms with Gasteiger partial charge in [-0.15, -0.1) is 0 Å². The van der Waals surface area contributed by atoms with Gasteiger partial charge in [0.1, 0.15) is 0 Å². The minimum atomic E-state index is 0.571. The molecule has 3 nitrogen and oxygen atoms in total. The second kappa shape index (κ2) is 6.83. The van der Waals surface area contributed by atoms with Gasteiger partial charge in [0.2, 0.25) is 0 Å². The largest absolute Gasteiger partial charge is 0.308 e. The van der Waals surface area contributed by atoms with Gasteiger partial charge in [0.15, 0.2) is 0 Å². The van der Waals surface area contributed by atoms with Gasteiger partial charge < -0.3 is 5.32 Å². The quantitative estimate of drug-likeness (QED) is 0.913. The van der Waals surface area contributed by atoms with Gasteiger partial charge in [-0.1, -0.05) is 37.3 Å². The average molecular weight is 281 g/mol. The third kappa shape index (κ3) is 3.90. The van der Waals surface area contributed by atoms with E-state index in [0.29, 0.717) is 12.0 Å². The van der Waals surface area contributed by atoms with Crippen LogP contribution in [-0.2, 0) is 13.1 Å². The number of aromatic nitrogens is 1. The molecule has 1 fully saturated rings. The summed E-state index contributed by atoms with van der Waals surface area (Å²) in [6.45, 7) is 6.62. The summed E-state index contributed by atoms with van der Waals surface area (Å²) in [5.74, 6) is 0.690. The van der Waals surface area contributed by atoms with Crippen molar-refractivity contribution in [1.82, 2.24) is 15.2 Å². The van der Waals surface area contributed by atoms with Crippen LogP contribution in [0.15, 0.2) is 54.9 Å². The summed E-state index contributed by atoms with van der Waals surface area (Å²) >= 11 is 0. The highest BCUT2D eigenvalue weighted by molar-refractivity contribution is 5.15. The number of hydrogen-bond acceptors (Lipinski definition) is 3. The molecule has 0 bridgehead atoms. The van der Waals surface area contributed by atoms with E-state index < -0.39 is 0 Å². The first-order chi connectivity index (χ1) is 10.3. The zero-order valence-corrected chi connectivity index (χ0v) is 12.6. The second-order valence-corrected chi connectivity index (χ2v) is 6.00. The van der Waals surface area contributed by atoms with Crippen molar-refractivity contribution in [2.45, 2.75) is 26.1 Å². The lowest BCUT2D eigenvalue weighted by molar-refractivity contribution is 0.316. The van der Waals surface area contributed by atoms with Crippen molar-refractivity contribution < 1.29 is 0 Å². The smallest absolute Gasteiger partial charge is 0.0271 e. The van der Waals surface area contributed by atoms with Gasteiger partial charge in [-0.25, -0.2) is 0 Å². The summed E-state index contributed by atoms with van der Waals surface area (Å²) in [6, 6.07) is 15.5. The molecule has 1 aromatic heterocycles. The van der Waals surface area contributed by atoms with E-state index in [1.807, 2.05) is 12.4 Å². The molecule has 1 saturated heterocycles. The molecule has 1 aromatic carbocycles. The fourth-order valence-corrected chi connectivity index (χ4v) is 3.05. The van der Waals surface area contributed by atoms with Crippen LogP contribution >= 0.6 is 0 Å². The lowest BCUT2D eigenvalue weighted by Crippen LogP contribution is -2.34. The molecule has 1 aliphatic rings. The predicted molar refractivity (Wildman–Crippen MR) is 85.7 cm³/mol. The Hall–Kier alpha value is -1.71. The molecule has 2 atom stereocenters. The summed E-state index contributed by atoms with van der Waals surface area (Å²) in [7, 11) is 0. The van der Waals surface area contributed by atoms with Crippen LogP contribution in [0, 0.1) is 5.92 Å². The van der Waals surface area contributed by atoms with Crippen LogP contribution < -0.4 is 5.32 Å². The Labute approximate surface area is 127 Å². The maximum absolute atomic E-state index is 4.06. The molecule has 2 heterocycles. The number of nitrogens with zero attached hydrogens (tertiary/aromatic N) is 2. The molecule has 3 rings (SSSR count). The van der Waals surface area contributed by atoms with Gasteiger partial charge in [0.05, 0.1) is 0 Å². The van der Waals surface area contributed by atoms with Crippen molar-refractivity contribution >= 4 is 0 Å². The van der Waals surface area contributed by atoms with Gasteiger partial charge in [-0.2, -0.15) is 0 Å². The highest BCUT2D eigenvalue weighted by Crippen LogP contribution is 2.19. The molecule has 0 amide bonds. The van der Waals surface area contributed by atoms with Crippen molar-refractivity contribution in [3.05, 3.63) is 66.0 Å². The van der Waals surface area contributed by atoms with Crippen LogP contribution in [0.25, 0.3) is 0 Å². The monoisotopic (exact) mass is 281 g/mol. The number of rotatable bonds is 5. The number of benzene rings is 1. The van der Waals surface area contributed by atoms with E-state index in [9.17, 15) is 0 Å². The van der Waals surface area contributed by atoms with Crippen LogP contribution in [-0.4, -0.2) is 29.0 Å². The molecule has 1 aliphatic heterocycles. The first-order valence-electron chi connectivity index (χ1n) is 7.70. The Morgan fingerprint density at radius 2 is 1.81 bits per heavy atom. The minimum absolute atomic E-state index is 0.571. The van der Waals surface area contributed by atoms with Crippen LogP contribution in [0.1, 0.15) is 18.1 Å². The standard InChI is InChI=1S/C18H23N3/c1-15-12-21(13-17-5-3-2-4-6-17)14-18(15)20-11-16-7-9-19-10-8-16/h2-10,15,18,20H,11-14H2,1H3. The first-order valence-corrected chi connectivity index (χ1v) is 7.70. The zero-order chi connectivity index (χ0) is 14.5. The van der Waals surface area contributed by atoms with Gasteiger partial charge >= 0.3 is 0 Å². The third-order valence-corrected chi connectivity index (χ3v) is 4.25.